The lowest BCUT2D eigenvalue weighted by Gasteiger charge is -2.34. The number of amides is 1. The molecule has 6 nitrogen and oxygen atoms in total. The Morgan fingerprint density at radius 3 is 3.00 bits per heavy atom. The lowest BCUT2D eigenvalue weighted by atomic mass is 10.0. The van der Waals surface area contributed by atoms with Gasteiger partial charge in [0, 0.05) is 36.5 Å². The number of fused-ring (bicyclic) bond motifs is 1. The molecule has 0 radical (unpaired) electrons. The summed E-state index contributed by atoms with van der Waals surface area (Å²) < 4.78 is 11.4. The molecule has 138 valence electrons. The summed E-state index contributed by atoms with van der Waals surface area (Å²) in [5.74, 6) is 0.908. The summed E-state index contributed by atoms with van der Waals surface area (Å²) >= 11 is 0. The summed E-state index contributed by atoms with van der Waals surface area (Å²) in [4.78, 5) is 13.8. The zero-order valence-electron chi connectivity index (χ0n) is 14.9. The van der Waals surface area contributed by atoms with Gasteiger partial charge >= 0.3 is 0 Å². The van der Waals surface area contributed by atoms with Crippen molar-refractivity contribution in [3.8, 4) is 5.75 Å². The smallest absolute Gasteiger partial charge is 0.224 e. The molecule has 3 aliphatic rings. The first-order valence-corrected chi connectivity index (χ1v) is 9.13. The SMILES string of the molecule is C=C1NC(=O)CCC1N1Cc2cc(OC[C@@H]3COCCN3)ccc2C1=C. The van der Waals surface area contributed by atoms with Crippen LogP contribution in [0, 0.1) is 0 Å². The van der Waals surface area contributed by atoms with Crippen LogP contribution in [-0.2, 0) is 16.1 Å². The minimum Gasteiger partial charge on any atom is -0.492 e. The lowest BCUT2D eigenvalue weighted by Crippen LogP contribution is -2.44. The van der Waals surface area contributed by atoms with Gasteiger partial charge in [-0.1, -0.05) is 13.2 Å². The fraction of sp³-hybridized carbons (Fsp3) is 0.450. The van der Waals surface area contributed by atoms with E-state index in [9.17, 15) is 4.79 Å². The summed E-state index contributed by atoms with van der Waals surface area (Å²) in [5, 5.41) is 6.25. The number of morpholine rings is 1. The van der Waals surface area contributed by atoms with Gasteiger partial charge in [0.25, 0.3) is 0 Å². The summed E-state index contributed by atoms with van der Waals surface area (Å²) in [6.07, 6.45) is 1.29. The average molecular weight is 355 g/mol. The van der Waals surface area contributed by atoms with E-state index in [4.69, 9.17) is 9.47 Å². The van der Waals surface area contributed by atoms with Gasteiger partial charge < -0.3 is 25.0 Å². The monoisotopic (exact) mass is 355 g/mol. The predicted octanol–water partition coefficient (Wildman–Crippen LogP) is 1.63. The van der Waals surface area contributed by atoms with Crippen LogP contribution in [0.1, 0.15) is 24.0 Å². The number of piperidine rings is 1. The average Bonchev–Trinajstić information content (AvgIpc) is 2.97. The third-order valence-corrected chi connectivity index (χ3v) is 5.25. The molecule has 0 spiro atoms. The molecule has 1 unspecified atom stereocenters. The van der Waals surface area contributed by atoms with Gasteiger partial charge in [0.2, 0.25) is 5.91 Å². The molecule has 0 saturated carbocycles. The second kappa shape index (κ2) is 7.13. The molecule has 6 heteroatoms. The fourth-order valence-corrected chi connectivity index (χ4v) is 3.84. The molecule has 1 amide bonds. The zero-order chi connectivity index (χ0) is 18.1. The van der Waals surface area contributed by atoms with Crippen LogP contribution in [0.15, 0.2) is 37.1 Å². The van der Waals surface area contributed by atoms with E-state index >= 15 is 0 Å². The Balaban J connectivity index is 1.43. The van der Waals surface area contributed by atoms with Crippen molar-refractivity contribution in [2.45, 2.75) is 31.5 Å². The molecule has 1 aromatic rings. The number of rotatable bonds is 4. The van der Waals surface area contributed by atoms with Crippen molar-refractivity contribution in [1.82, 2.24) is 15.5 Å². The Bertz CT molecular complexity index is 740. The second-order valence-corrected chi connectivity index (χ2v) is 7.06. The van der Waals surface area contributed by atoms with E-state index in [2.05, 4.69) is 40.8 Å². The third-order valence-electron chi connectivity index (χ3n) is 5.25. The Kier molecular flexibility index (Phi) is 4.70. The van der Waals surface area contributed by atoms with Crippen LogP contribution in [0.25, 0.3) is 5.70 Å². The first kappa shape index (κ1) is 17.1. The van der Waals surface area contributed by atoms with Crippen LogP contribution in [-0.4, -0.2) is 49.3 Å². The molecule has 2 fully saturated rings. The van der Waals surface area contributed by atoms with Crippen molar-refractivity contribution in [3.05, 3.63) is 48.2 Å². The van der Waals surface area contributed by atoms with Crippen LogP contribution >= 0.6 is 0 Å². The molecule has 3 heterocycles. The maximum absolute atomic E-state index is 11.5. The van der Waals surface area contributed by atoms with Crippen molar-refractivity contribution < 1.29 is 14.3 Å². The summed E-state index contributed by atoms with van der Waals surface area (Å²) in [7, 11) is 0. The van der Waals surface area contributed by atoms with Gasteiger partial charge in [-0.25, -0.2) is 0 Å². The standard InChI is InChI=1S/C20H25N3O3/c1-13-19(5-6-20(24)22-13)23-10-15-9-17(3-4-18(15)14(23)2)26-12-16-11-25-8-7-21-16/h3-4,9,16,19,21H,1-2,5-8,10-12H2,(H,22,24)/t16-,19?/m0/s1. The van der Waals surface area contributed by atoms with Gasteiger partial charge in [-0.2, -0.15) is 0 Å². The van der Waals surface area contributed by atoms with Crippen LogP contribution in [0.3, 0.4) is 0 Å². The number of hydrogen-bond acceptors (Lipinski definition) is 5. The van der Waals surface area contributed by atoms with Gasteiger partial charge in [0.1, 0.15) is 12.4 Å². The Hall–Kier alpha value is -2.31. The van der Waals surface area contributed by atoms with Crippen LogP contribution in [0.5, 0.6) is 5.75 Å². The largest absolute Gasteiger partial charge is 0.492 e. The molecule has 2 saturated heterocycles. The fourth-order valence-electron chi connectivity index (χ4n) is 3.84. The first-order valence-electron chi connectivity index (χ1n) is 9.13. The third kappa shape index (κ3) is 3.34. The van der Waals surface area contributed by atoms with E-state index in [1.807, 2.05) is 6.07 Å². The van der Waals surface area contributed by atoms with Crippen molar-refractivity contribution >= 4 is 11.6 Å². The number of nitrogens with zero attached hydrogens (tertiary/aromatic N) is 1. The number of hydrogen-bond donors (Lipinski definition) is 2. The highest BCUT2D eigenvalue weighted by atomic mass is 16.5. The molecular weight excluding hydrogens is 330 g/mol. The van der Waals surface area contributed by atoms with Gasteiger partial charge in [-0.15, -0.1) is 0 Å². The Morgan fingerprint density at radius 2 is 2.23 bits per heavy atom. The number of nitrogens with one attached hydrogen (secondary N) is 2. The van der Waals surface area contributed by atoms with E-state index in [0.29, 0.717) is 19.6 Å². The summed E-state index contributed by atoms with van der Waals surface area (Å²) in [6.45, 7) is 12.0. The van der Waals surface area contributed by atoms with Crippen molar-refractivity contribution in [1.29, 1.82) is 0 Å². The van der Waals surface area contributed by atoms with Crippen molar-refractivity contribution in [3.63, 3.8) is 0 Å². The summed E-state index contributed by atoms with van der Waals surface area (Å²) in [6, 6.07) is 6.49. The maximum atomic E-state index is 11.5. The minimum atomic E-state index is 0.0459. The number of benzene rings is 1. The van der Waals surface area contributed by atoms with Crippen LogP contribution in [0.4, 0.5) is 0 Å². The topological polar surface area (TPSA) is 62.8 Å². The molecule has 2 atom stereocenters. The molecule has 26 heavy (non-hydrogen) atoms. The van der Waals surface area contributed by atoms with Gasteiger partial charge in [0.05, 0.1) is 25.3 Å². The quantitative estimate of drug-likeness (QED) is 0.860. The van der Waals surface area contributed by atoms with Gasteiger partial charge in [-0.3, -0.25) is 4.79 Å². The second-order valence-electron chi connectivity index (χ2n) is 7.06. The number of ether oxygens (including phenoxy) is 2. The molecule has 3 aliphatic heterocycles. The summed E-state index contributed by atoms with van der Waals surface area (Å²) in [5.41, 5.74) is 4.08. The van der Waals surface area contributed by atoms with Crippen LogP contribution in [0.2, 0.25) is 0 Å². The van der Waals surface area contributed by atoms with Crippen LogP contribution < -0.4 is 15.4 Å². The molecule has 0 aliphatic carbocycles. The zero-order valence-corrected chi connectivity index (χ0v) is 14.9. The van der Waals surface area contributed by atoms with E-state index in [1.54, 1.807) is 0 Å². The van der Waals surface area contributed by atoms with Crippen molar-refractivity contribution in [2.24, 2.45) is 0 Å². The minimum absolute atomic E-state index is 0.0459. The number of carbonyl (C=O) groups excluding carboxylic acids is 1. The predicted molar refractivity (Wildman–Crippen MR) is 99.4 cm³/mol. The molecule has 4 rings (SSSR count). The Labute approximate surface area is 153 Å². The molecule has 1 aromatic carbocycles. The van der Waals surface area contributed by atoms with E-state index in [-0.39, 0.29) is 18.0 Å². The molecule has 0 aromatic heterocycles. The maximum Gasteiger partial charge on any atom is 0.224 e. The lowest BCUT2D eigenvalue weighted by molar-refractivity contribution is -0.121. The first-order chi connectivity index (χ1) is 12.6. The van der Waals surface area contributed by atoms with Gasteiger partial charge in [-0.05, 0) is 30.2 Å². The number of carbonyl (C=O) groups is 1. The Morgan fingerprint density at radius 1 is 1.35 bits per heavy atom. The highest BCUT2D eigenvalue weighted by Gasteiger charge is 2.33. The molecular formula is C20H25N3O3. The van der Waals surface area contributed by atoms with Gasteiger partial charge in [0.15, 0.2) is 0 Å². The molecule has 0 bridgehead atoms. The van der Waals surface area contributed by atoms with E-state index < -0.39 is 0 Å². The highest BCUT2D eigenvalue weighted by Crippen LogP contribution is 2.38. The normalized spacial score (nSPS) is 25.8. The van der Waals surface area contributed by atoms with Crippen molar-refractivity contribution in [2.75, 3.05) is 26.4 Å². The van der Waals surface area contributed by atoms with E-state index in [0.717, 1.165) is 48.8 Å². The molecule has 2 N–H and O–H groups in total. The highest BCUT2D eigenvalue weighted by molar-refractivity contribution is 5.80. The van der Waals surface area contributed by atoms with E-state index in [1.165, 1.54) is 5.56 Å².